The number of aromatic nitrogens is 5. The van der Waals surface area contributed by atoms with Crippen molar-refractivity contribution in [3.63, 3.8) is 0 Å². The minimum absolute atomic E-state index is 0.0196. The molecule has 0 unspecified atom stereocenters. The van der Waals surface area contributed by atoms with Gasteiger partial charge < -0.3 is 45.0 Å². The third-order valence-corrected chi connectivity index (χ3v) is 14.7. The molecule has 0 aliphatic carbocycles. The number of aryl methyl sites for hydroxylation is 2. The van der Waals surface area contributed by atoms with Crippen LogP contribution in [0, 0.1) is 13.8 Å². The van der Waals surface area contributed by atoms with Crippen LogP contribution in [0.2, 0.25) is 0 Å². The van der Waals surface area contributed by atoms with Gasteiger partial charge in [0.25, 0.3) is 20.2 Å². The summed E-state index contributed by atoms with van der Waals surface area (Å²) in [5.74, 6) is 0.931. The maximum Gasteiger partial charge on any atom is 0.296 e. The molecule has 24 nitrogen and oxygen atoms in total. The number of thiazole rings is 2. The Balaban J connectivity index is 1.38. The zero-order valence-corrected chi connectivity index (χ0v) is 44.3. The van der Waals surface area contributed by atoms with E-state index in [9.17, 15) is 36.2 Å². The van der Waals surface area contributed by atoms with Gasteiger partial charge in [-0.2, -0.15) is 31.8 Å². The Hall–Kier alpha value is -6.79. The summed E-state index contributed by atoms with van der Waals surface area (Å²) in [5.41, 5.74) is 3.78. The van der Waals surface area contributed by atoms with Gasteiger partial charge in [-0.1, -0.05) is 22.7 Å². The average Bonchev–Trinajstić information content (AvgIpc) is 3.96. The van der Waals surface area contributed by atoms with Crippen molar-refractivity contribution in [2.24, 2.45) is 20.5 Å². The van der Waals surface area contributed by atoms with E-state index in [0.717, 1.165) is 22.7 Å². The predicted octanol–water partition coefficient (Wildman–Crippen LogP) is 9.02. The van der Waals surface area contributed by atoms with E-state index in [1.807, 2.05) is 27.7 Å². The summed E-state index contributed by atoms with van der Waals surface area (Å²) in [7, 11) is -6.18. The number of hydrogen-bond donors (Lipinski definition) is 6. The first-order chi connectivity index (χ1) is 34.8. The minimum atomic E-state index is -4.61. The highest BCUT2D eigenvalue weighted by molar-refractivity contribution is 7.86. The molecule has 0 aliphatic rings. The lowest BCUT2D eigenvalue weighted by molar-refractivity contribution is 0.280. The number of hydrogen-bond acceptors (Lipinski definition) is 24. The van der Waals surface area contributed by atoms with Crippen LogP contribution < -0.4 is 34.8 Å². The number of nitrogens with zero attached hydrogens (tertiary/aromatic N) is 12. The molecular formula is C45H54N14O10S4. The molecule has 7 rings (SSSR count). The zero-order valence-electron chi connectivity index (χ0n) is 41.0. The number of benzene rings is 4. The summed E-state index contributed by atoms with van der Waals surface area (Å²) in [4.78, 5) is 28.0. The Morgan fingerprint density at radius 3 is 1.30 bits per heavy atom. The topological polar surface area (TPSA) is 315 Å². The maximum atomic E-state index is 12.3. The number of anilines is 7. The van der Waals surface area contributed by atoms with Crippen LogP contribution in [0.4, 0.5) is 62.2 Å². The summed E-state index contributed by atoms with van der Waals surface area (Å²) in [5, 5.41) is 44.8. The molecule has 0 spiro atoms. The lowest BCUT2D eigenvalue weighted by Crippen LogP contribution is -2.31. The van der Waals surface area contributed by atoms with Crippen molar-refractivity contribution in [3.8, 4) is 11.5 Å². The molecule has 6 N–H and O–H groups in total. The van der Waals surface area contributed by atoms with Crippen molar-refractivity contribution >= 4 is 126 Å². The van der Waals surface area contributed by atoms with Crippen molar-refractivity contribution in [2.75, 3.05) is 92.0 Å². The molecule has 0 saturated carbocycles. The number of methoxy groups -OCH3 is 2. The van der Waals surface area contributed by atoms with Gasteiger partial charge in [0.1, 0.15) is 43.7 Å². The number of rotatable bonds is 23. The Morgan fingerprint density at radius 1 is 0.562 bits per heavy atom. The highest BCUT2D eigenvalue weighted by atomic mass is 32.2. The highest BCUT2D eigenvalue weighted by Crippen LogP contribution is 2.44. The van der Waals surface area contributed by atoms with Crippen LogP contribution in [0.25, 0.3) is 20.4 Å². The smallest absolute Gasteiger partial charge is 0.296 e. The Bertz CT molecular complexity index is 3220. The summed E-state index contributed by atoms with van der Waals surface area (Å²) in [6.45, 7) is 13.2. The van der Waals surface area contributed by atoms with Crippen LogP contribution in [-0.4, -0.2) is 128 Å². The molecule has 28 heteroatoms. The number of nitrogens with one attached hydrogen (secondary N) is 2. The van der Waals surface area contributed by atoms with E-state index in [1.54, 1.807) is 55.1 Å². The van der Waals surface area contributed by atoms with Gasteiger partial charge in [-0.25, -0.2) is 9.97 Å². The number of azo groups is 2. The third-order valence-electron chi connectivity index (χ3n) is 11.2. The normalized spacial score (nSPS) is 12.1. The fourth-order valence-electron chi connectivity index (χ4n) is 7.75. The summed E-state index contributed by atoms with van der Waals surface area (Å²) < 4.78 is 81.7. The number of aliphatic hydroxyl groups is 2. The maximum absolute atomic E-state index is 12.3. The molecule has 388 valence electrons. The highest BCUT2D eigenvalue weighted by Gasteiger charge is 2.24. The van der Waals surface area contributed by atoms with Crippen molar-refractivity contribution in [1.82, 2.24) is 24.9 Å². The quantitative estimate of drug-likeness (QED) is 0.0257. The van der Waals surface area contributed by atoms with Crippen molar-refractivity contribution in [1.29, 1.82) is 0 Å². The molecule has 0 aliphatic heterocycles. The fraction of sp³-hybridized carbons (Fsp3) is 0.356. The Morgan fingerprint density at radius 2 is 0.959 bits per heavy atom. The molecule has 0 radical (unpaired) electrons. The van der Waals surface area contributed by atoms with E-state index in [0.29, 0.717) is 81.0 Å². The Kier molecular flexibility index (Phi) is 17.0. The second kappa shape index (κ2) is 23.0. The summed E-state index contributed by atoms with van der Waals surface area (Å²) in [6.07, 6.45) is 0. The number of fused-ring (bicyclic) bond motifs is 2. The predicted molar refractivity (Wildman–Crippen MR) is 283 cm³/mol. The molecule has 0 saturated heterocycles. The van der Waals surface area contributed by atoms with E-state index in [4.69, 9.17) is 24.4 Å². The molecule has 0 amide bonds. The van der Waals surface area contributed by atoms with Gasteiger partial charge in [0.05, 0.1) is 59.6 Å². The second-order valence-electron chi connectivity index (χ2n) is 16.0. The molecule has 3 aromatic heterocycles. The van der Waals surface area contributed by atoms with Crippen LogP contribution in [0.15, 0.2) is 78.8 Å². The van der Waals surface area contributed by atoms with E-state index in [1.165, 1.54) is 26.4 Å². The van der Waals surface area contributed by atoms with Crippen molar-refractivity contribution in [2.45, 2.75) is 51.3 Å². The van der Waals surface area contributed by atoms with Crippen LogP contribution in [0.1, 0.15) is 38.8 Å². The lowest BCUT2D eigenvalue weighted by atomic mass is 10.2. The summed E-state index contributed by atoms with van der Waals surface area (Å²) in [6, 6.07) is 13.0. The SMILES string of the molecule is CCN(CC)c1cc(Nc2nc(Nc3cc(N(CC)CC)c(OC)cc3/N=N/c3nc4c(S(=O)(=O)O)cc(C)cc4s3)nc(N(CCO)CCO)n2)c(/N=N/c2nc3c(S(=O)(=O)O)cc(C)cc3s2)cc1OC. The number of ether oxygens (including phenoxy) is 2. The van der Waals surface area contributed by atoms with Crippen LogP contribution in [-0.2, 0) is 20.2 Å². The molecular weight excluding hydrogens is 1020 g/mol. The molecule has 73 heavy (non-hydrogen) atoms. The van der Waals surface area contributed by atoms with Crippen LogP contribution in [0.3, 0.4) is 0 Å². The molecule has 0 bridgehead atoms. The first-order valence-corrected chi connectivity index (χ1v) is 27.2. The monoisotopic (exact) mass is 1080 g/mol. The average molecular weight is 1080 g/mol. The van der Waals surface area contributed by atoms with Gasteiger partial charge in [0.2, 0.25) is 28.1 Å². The largest absolute Gasteiger partial charge is 0.494 e. The van der Waals surface area contributed by atoms with Gasteiger partial charge in [-0.05, 0) is 89.1 Å². The fourth-order valence-corrected chi connectivity index (χ4v) is 11.2. The zero-order chi connectivity index (χ0) is 52.8. The first kappa shape index (κ1) is 54.0. The van der Waals surface area contributed by atoms with E-state index >= 15 is 0 Å². The standard InChI is InChI=1S/C45H54N14O10S4/c1-9-57(10-2)31-21-27(29(23-33(31)68-7)53-55-44-48-39-35(70-44)17-25(5)19-37(39)72(62,63)64)46-41-50-42(52-43(51-41)59(13-15-60)14-16-61)47-28-22-32(58(11-3)12-4)34(69-8)24-30(28)54-56-45-49-40-36(71-45)18-26(6)20-38(40)73(65,66)67/h17-24,60-61H,9-16H2,1-8H3,(H,62,63,64)(H,65,66,67)(H2,46,47,50,51,52)/b55-53+,56-54+. The Labute approximate surface area is 429 Å². The molecule has 7 aromatic rings. The molecule has 0 atom stereocenters. The van der Waals surface area contributed by atoms with Crippen LogP contribution >= 0.6 is 22.7 Å². The first-order valence-electron chi connectivity index (χ1n) is 22.7. The van der Waals surface area contributed by atoms with E-state index < -0.39 is 20.2 Å². The van der Waals surface area contributed by atoms with Gasteiger partial charge >= 0.3 is 0 Å². The van der Waals surface area contributed by atoms with Crippen molar-refractivity contribution < 1.29 is 45.6 Å². The van der Waals surface area contributed by atoms with E-state index in [-0.39, 0.29) is 86.6 Å². The van der Waals surface area contributed by atoms with Gasteiger partial charge in [-0.3, -0.25) is 9.11 Å². The molecule has 3 heterocycles. The van der Waals surface area contributed by atoms with Crippen LogP contribution in [0.5, 0.6) is 11.5 Å². The third kappa shape index (κ3) is 12.4. The second-order valence-corrected chi connectivity index (χ2v) is 20.8. The van der Waals surface area contributed by atoms with Crippen molar-refractivity contribution in [3.05, 3.63) is 59.7 Å². The van der Waals surface area contributed by atoms with Gasteiger partial charge in [0.15, 0.2) is 0 Å². The molecule has 4 aromatic carbocycles. The molecule has 0 fully saturated rings. The summed E-state index contributed by atoms with van der Waals surface area (Å²) >= 11 is 2.15. The van der Waals surface area contributed by atoms with Gasteiger partial charge in [0, 0.05) is 51.4 Å². The minimum Gasteiger partial charge on any atom is -0.494 e. The van der Waals surface area contributed by atoms with E-state index in [2.05, 4.69) is 50.9 Å². The van der Waals surface area contributed by atoms with Gasteiger partial charge in [-0.15, -0.1) is 20.5 Å². The lowest BCUT2D eigenvalue weighted by Gasteiger charge is -2.25. The number of aliphatic hydroxyl groups excluding tert-OH is 2.